The molecular formula is C8H10O3. The van der Waals surface area contributed by atoms with Crippen molar-refractivity contribution in [1.82, 2.24) is 0 Å². The van der Waals surface area contributed by atoms with E-state index in [0.717, 1.165) is 17.9 Å². The lowest BCUT2D eigenvalue weighted by atomic mass is 10.0. The zero-order chi connectivity index (χ0) is 7.68. The van der Waals surface area contributed by atoms with Gasteiger partial charge in [-0.05, 0) is 18.6 Å². The number of hydrogen-bond acceptors (Lipinski definition) is 3. The largest absolute Gasteiger partial charge is 0.454 e. The van der Waals surface area contributed by atoms with Gasteiger partial charge in [0.05, 0.1) is 0 Å². The molecule has 0 aromatic carbocycles. The summed E-state index contributed by atoms with van der Waals surface area (Å²) in [4.78, 5) is 0. The first-order valence-corrected chi connectivity index (χ1v) is 3.69. The maximum atomic E-state index is 8.84. The van der Waals surface area contributed by atoms with Crippen molar-refractivity contribution in [3.05, 3.63) is 23.7 Å². The van der Waals surface area contributed by atoms with E-state index in [1.54, 1.807) is 0 Å². The quantitative estimate of drug-likeness (QED) is 0.606. The third kappa shape index (κ3) is 1.12. The molecule has 3 heteroatoms. The molecule has 0 aromatic heterocycles. The maximum Gasteiger partial charge on any atom is 0.231 e. The van der Waals surface area contributed by atoms with Crippen LogP contribution in [0, 0.1) is 5.92 Å². The van der Waals surface area contributed by atoms with Crippen molar-refractivity contribution in [3.8, 4) is 0 Å². The van der Waals surface area contributed by atoms with Gasteiger partial charge in [-0.3, -0.25) is 0 Å². The van der Waals surface area contributed by atoms with Gasteiger partial charge in [0.15, 0.2) is 11.5 Å². The third-order valence-corrected chi connectivity index (χ3v) is 1.90. The van der Waals surface area contributed by atoms with Gasteiger partial charge in [-0.2, -0.15) is 0 Å². The number of hydrogen-bond donors (Lipinski definition) is 1. The second-order valence-electron chi connectivity index (χ2n) is 2.68. The van der Waals surface area contributed by atoms with Crippen molar-refractivity contribution >= 4 is 0 Å². The van der Waals surface area contributed by atoms with E-state index in [1.807, 2.05) is 12.2 Å². The molecule has 11 heavy (non-hydrogen) atoms. The van der Waals surface area contributed by atoms with Gasteiger partial charge < -0.3 is 14.6 Å². The van der Waals surface area contributed by atoms with Crippen LogP contribution in [0.5, 0.6) is 0 Å². The van der Waals surface area contributed by atoms with E-state index in [1.165, 1.54) is 0 Å². The fourth-order valence-electron chi connectivity index (χ4n) is 1.26. The average Bonchev–Trinajstić information content (AvgIpc) is 2.50. The predicted molar refractivity (Wildman–Crippen MR) is 38.4 cm³/mol. The van der Waals surface area contributed by atoms with Crippen LogP contribution in [0.1, 0.15) is 6.42 Å². The molecule has 0 radical (unpaired) electrons. The van der Waals surface area contributed by atoms with Crippen molar-refractivity contribution in [2.45, 2.75) is 6.42 Å². The molecule has 0 amide bonds. The standard InChI is InChI=1S/C8H10O3/c9-4-6-1-2-7-8(3-6)11-5-10-7/h2-3,6,9H,1,4-5H2. The van der Waals surface area contributed by atoms with Crippen LogP contribution in [-0.2, 0) is 9.47 Å². The summed E-state index contributed by atoms with van der Waals surface area (Å²) in [6.45, 7) is 0.493. The molecule has 0 spiro atoms. The van der Waals surface area contributed by atoms with Crippen LogP contribution in [-0.4, -0.2) is 18.5 Å². The zero-order valence-corrected chi connectivity index (χ0v) is 6.12. The minimum atomic E-state index is 0.177. The van der Waals surface area contributed by atoms with Crippen LogP contribution >= 0.6 is 0 Å². The lowest BCUT2D eigenvalue weighted by Crippen LogP contribution is -2.06. The first kappa shape index (κ1) is 6.73. The average molecular weight is 154 g/mol. The Kier molecular flexibility index (Phi) is 1.58. The fourth-order valence-corrected chi connectivity index (χ4v) is 1.26. The number of rotatable bonds is 1. The number of ether oxygens (including phenoxy) is 2. The fraction of sp³-hybridized carbons (Fsp3) is 0.500. The van der Waals surface area contributed by atoms with Crippen molar-refractivity contribution in [1.29, 1.82) is 0 Å². The van der Waals surface area contributed by atoms with Crippen LogP contribution in [0.3, 0.4) is 0 Å². The Bertz CT molecular complexity index is 217. The predicted octanol–water partition coefficient (Wildman–Crippen LogP) is 0.771. The monoisotopic (exact) mass is 154 g/mol. The molecular weight excluding hydrogens is 144 g/mol. The second-order valence-corrected chi connectivity index (χ2v) is 2.68. The molecule has 1 aliphatic heterocycles. The van der Waals surface area contributed by atoms with E-state index >= 15 is 0 Å². The van der Waals surface area contributed by atoms with E-state index < -0.39 is 0 Å². The molecule has 3 nitrogen and oxygen atoms in total. The number of fused-ring (bicyclic) bond motifs is 1. The van der Waals surface area contributed by atoms with Gasteiger partial charge >= 0.3 is 0 Å². The minimum absolute atomic E-state index is 0.177. The van der Waals surface area contributed by atoms with E-state index in [-0.39, 0.29) is 12.5 Å². The summed E-state index contributed by atoms with van der Waals surface area (Å²) in [5.41, 5.74) is 0. The van der Waals surface area contributed by atoms with Crippen molar-refractivity contribution in [2.24, 2.45) is 5.92 Å². The Morgan fingerprint density at radius 3 is 3.09 bits per heavy atom. The summed E-state index contributed by atoms with van der Waals surface area (Å²) in [6.07, 6.45) is 4.73. The Morgan fingerprint density at radius 2 is 2.27 bits per heavy atom. The number of allylic oxidation sites excluding steroid dienone is 1. The lowest BCUT2D eigenvalue weighted by Gasteiger charge is -2.11. The van der Waals surface area contributed by atoms with E-state index in [2.05, 4.69) is 0 Å². The molecule has 0 aromatic rings. The summed E-state index contributed by atoms with van der Waals surface area (Å²) >= 11 is 0. The molecule has 2 aliphatic rings. The SMILES string of the molecule is OCC1C=C2OCOC2=CC1. The van der Waals surface area contributed by atoms with Crippen LogP contribution in [0.2, 0.25) is 0 Å². The van der Waals surface area contributed by atoms with Gasteiger partial charge in [0.2, 0.25) is 6.79 Å². The minimum Gasteiger partial charge on any atom is -0.454 e. The zero-order valence-electron chi connectivity index (χ0n) is 6.12. The van der Waals surface area contributed by atoms with Gasteiger partial charge in [-0.25, -0.2) is 0 Å². The first-order valence-electron chi connectivity index (χ1n) is 3.69. The van der Waals surface area contributed by atoms with Gasteiger partial charge in [-0.1, -0.05) is 0 Å². The molecule has 1 fully saturated rings. The Hall–Kier alpha value is -0.960. The molecule has 0 saturated carbocycles. The molecule has 60 valence electrons. The van der Waals surface area contributed by atoms with Crippen LogP contribution < -0.4 is 0 Å². The van der Waals surface area contributed by atoms with E-state index in [0.29, 0.717) is 6.79 Å². The highest BCUT2D eigenvalue weighted by Crippen LogP contribution is 2.28. The van der Waals surface area contributed by atoms with Gasteiger partial charge in [0.25, 0.3) is 0 Å². The molecule has 1 unspecified atom stereocenters. The Labute approximate surface area is 64.9 Å². The molecule has 1 heterocycles. The lowest BCUT2D eigenvalue weighted by molar-refractivity contribution is 0.0976. The summed E-state index contributed by atoms with van der Waals surface area (Å²) in [5.74, 6) is 1.82. The smallest absolute Gasteiger partial charge is 0.231 e. The first-order chi connectivity index (χ1) is 5.40. The van der Waals surface area contributed by atoms with Crippen molar-refractivity contribution in [3.63, 3.8) is 0 Å². The summed E-state index contributed by atoms with van der Waals surface area (Å²) < 4.78 is 10.3. The Balaban J connectivity index is 2.17. The van der Waals surface area contributed by atoms with Gasteiger partial charge in [0, 0.05) is 12.5 Å². The van der Waals surface area contributed by atoms with E-state index in [9.17, 15) is 0 Å². The van der Waals surface area contributed by atoms with Crippen LogP contribution in [0.4, 0.5) is 0 Å². The summed E-state index contributed by atoms with van der Waals surface area (Å²) in [5, 5.41) is 8.84. The Morgan fingerprint density at radius 1 is 1.45 bits per heavy atom. The molecule has 2 rings (SSSR count). The highest BCUT2D eigenvalue weighted by Gasteiger charge is 2.22. The van der Waals surface area contributed by atoms with Crippen molar-refractivity contribution < 1.29 is 14.6 Å². The third-order valence-electron chi connectivity index (χ3n) is 1.90. The molecule has 1 atom stereocenters. The van der Waals surface area contributed by atoms with Crippen LogP contribution in [0.15, 0.2) is 23.7 Å². The molecule has 1 aliphatic carbocycles. The topological polar surface area (TPSA) is 38.7 Å². The van der Waals surface area contributed by atoms with Crippen LogP contribution in [0.25, 0.3) is 0 Å². The van der Waals surface area contributed by atoms with E-state index in [4.69, 9.17) is 14.6 Å². The molecule has 1 saturated heterocycles. The normalized spacial score (nSPS) is 27.9. The summed E-state index contributed by atoms with van der Waals surface area (Å²) in [7, 11) is 0. The molecule has 1 N–H and O–H groups in total. The second kappa shape index (κ2) is 2.58. The number of aliphatic hydroxyl groups excluding tert-OH is 1. The number of aliphatic hydroxyl groups is 1. The summed E-state index contributed by atoms with van der Waals surface area (Å²) in [6, 6.07) is 0. The highest BCUT2D eigenvalue weighted by molar-refractivity contribution is 5.27. The highest BCUT2D eigenvalue weighted by atomic mass is 16.7. The maximum absolute atomic E-state index is 8.84. The molecule has 0 bridgehead atoms. The van der Waals surface area contributed by atoms with Gasteiger partial charge in [0.1, 0.15) is 0 Å². The van der Waals surface area contributed by atoms with Gasteiger partial charge in [-0.15, -0.1) is 0 Å². The van der Waals surface area contributed by atoms with Crippen molar-refractivity contribution in [2.75, 3.05) is 13.4 Å².